The number of rotatable bonds is 5. The first-order valence-corrected chi connectivity index (χ1v) is 10.6. The summed E-state index contributed by atoms with van der Waals surface area (Å²) < 4.78 is 16.7. The monoisotopic (exact) mass is 452 g/mol. The van der Waals surface area contributed by atoms with Crippen molar-refractivity contribution in [3.63, 3.8) is 0 Å². The van der Waals surface area contributed by atoms with Crippen LogP contribution in [0.2, 0.25) is 5.02 Å². The average Bonchev–Trinajstić information content (AvgIpc) is 3.36. The number of nitrogens with one attached hydrogen (secondary N) is 1. The summed E-state index contributed by atoms with van der Waals surface area (Å²) >= 11 is 7.22. The first kappa shape index (κ1) is 19.5. The summed E-state index contributed by atoms with van der Waals surface area (Å²) in [5, 5.41) is 17.0. The van der Waals surface area contributed by atoms with Gasteiger partial charge in [-0.3, -0.25) is 9.20 Å². The molecular weight excluding hydrogens is 439 g/mol. The van der Waals surface area contributed by atoms with E-state index in [1.54, 1.807) is 53.3 Å². The lowest BCUT2D eigenvalue weighted by Gasteiger charge is -2.05. The van der Waals surface area contributed by atoms with Crippen molar-refractivity contribution in [2.24, 2.45) is 0 Å². The van der Waals surface area contributed by atoms with E-state index in [-0.39, 0.29) is 17.5 Å². The fourth-order valence-electron chi connectivity index (χ4n) is 3.14. The molecule has 0 aliphatic heterocycles. The average molecular weight is 453 g/mol. The van der Waals surface area contributed by atoms with Crippen molar-refractivity contribution in [2.75, 3.05) is 11.1 Å². The number of hydrogen-bond acceptors (Lipinski definition) is 5. The minimum atomic E-state index is -0.298. The Kier molecular flexibility index (Phi) is 5.05. The summed E-state index contributed by atoms with van der Waals surface area (Å²) in [6, 6.07) is 15.0. The van der Waals surface area contributed by atoms with Gasteiger partial charge in [0.2, 0.25) is 5.91 Å². The maximum absolute atomic E-state index is 13.2. The molecule has 0 unspecified atom stereocenters. The molecule has 7 nitrogen and oxygen atoms in total. The molecule has 3 heterocycles. The second-order valence-electron chi connectivity index (χ2n) is 6.69. The van der Waals surface area contributed by atoms with Gasteiger partial charge >= 0.3 is 0 Å². The molecular formula is C21H14ClFN6OS. The van der Waals surface area contributed by atoms with E-state index < -0.39 is 0 Å². The summed E-state index contributed by atoms with van der Waals surface area (Å²) in [7, 11) is 0. The highest BCUT2D eigenvalue weighted by atomic mass is 35.5. The second kappa shape index (κ2) is 8.01. The zero-order valence-corrected chi connectivity index (χ0v) is 17.4. The number of benzene rings is 2. The number of fused-ring (bicyclic) bond motifs is 3. The van der Waals surface area contributed by atoms with Gasteiger partial charge in [-0.2, -0.15) is 5.10 Å². The molecule has 31 heavy (non-hydrogen) atoms. The zero-order chi connectivity index (χ0) is 21.4. The molecule has 10 heteroatoms. The normalized spacial score (nSPS) is 11.3. The third-order valence-corrected chi connectivity index (χ3v) is 5.75. The number of carbonyl (C=O) groups excluding carboxylic acids is 1. The molecule has 2 aromatic carbocycles. The Morgan fingerprint density at radius 1 is 1.10 bits per heavy atom. The van der Waals surface area contributed by atoms with Gasteiger partial charge in [0.15, 0.2) is 10.8 Å². The van der Waals surface area contributed by atoms with E-state index in [0.717, 1.165) is 11.1 Å². The number of aromatic nitrogens is 5. The van der Waals surface area contributed by atoms with E-state index in [1.807, 2.05) is 10.5 Å². The lowest BCUT2D eigenvalue weighted by molar-refractivity contribution is -0.113. The summed E-state index contributed by atoms with van der Waals surface area (Å²) in [4.78, 5) is 12.3. The number of anilines is 1. The standard InChI is InChI=1S/C21H14ClFN6OS/c22-14-2-1-3-16(10-14)24-19(30)12-31-21-26-25-20-18-11-17(13-4-6-15(23)7-5-13)27-29(18)9-8-28(20)21/h1-11H,12H2,(H,24,30). The Labute approximate surface area is 184 Å². The van der Waals surface area contributed by atoms with Crippen LogP contribution in [0.25, 0.3) is 22.4 Å². The second-order valence-corrected chi connectivity index (χ2v) is 8.07. The van der Waals surface area contributed by atoms with Gasteiger partial charge in [-0.05, 0) is 48.5 Å². The topological polar surface area (TPSA) is 76.6 Å². The third-order valence-electron chi connectivity index (χ3n) is 4.57. The predicted octanol–water partition coefficient (Wildman–Crippen LogP) is 4.57. The van der Waals surface area contributed by atoms with Gasteiger partial charge in [-0.25, -0.2) is 8.91 Å². The van der Waals surface area contributed by atoms with E-state index >= 15 is 0 Å². The highest BCUT2D eigenvalue weighted by molar-refractivity contribution is 7.99. The third kappa shape index (κ3) is 3.97. The minimum Gasteiger partial charge on any atom is -0.325 e. The van der Waals surface area contributed by atoms with Crippen molar-refractivity contribution in [1.29, 1.82) is 0 Å². The molecule has 154 valence electrons. The van der Waals surface area contributed by atoms with Gasteiger partial charge in [0.25, 0.3) is 0 Å². The van der Waals surface area contributed by atoms with E-state index in [0.29, 0.717) is 27.2 Å². The van der Waals surface area contributed by atoms with Crippen LogP contribution in [-0.4, -0.2) is 35.9 Å². The van der Waals surface area contributed by atoms with Gasteiger partial charge in [-0.15, -0.1) is 10.2 Å². The van der Waals surface area contributed by atoms with Crippen LogP contribution in [0.4, 0.5) is 10.1 Å². The predicted molar refractivity (Wildman–Crippen MR) is 118 cm³/mol. The van der Waals surface area contributed by atoms with E-state index in [2.05, 4.69) is 20.6 Å². The molecule has 0 saturated heterocycles. The van der Waals surface area contributed by atoms with Gasteiger partial charge in [0, 0.05) is 28.7 Å². The molecule has 0 aliphatic rings. The molecule has 1 amide bonds. The smallest absolute Gasteiger partial charge is 0.234 e. The lowest BCUT2D eigenvalue weighted by atomic mass is 10.1. The molecule has 0 saturated carbocycles. The number of thioether (sulfide) groups is 1. The van der Waals surface area contributed by atoms with E-state index in [1.165, 1.54) is 23.9 Å². The fourth-order valence-corrected chi connectivity index (χ4v) is 4.05. The molecule has 0 radical (unpaired) electrons. The summed E-state index contributed by atoms with van der Waals surface area (Å²) in [5.74, 6) is -0.306. The van der Waals surface area contributed by atoms with Crippen LogP contribution in [0.15, 0.2) is 72.1 Å². The molecule has 0 atom stereocenters. The fraction of sp³-hybridized carbons (Fsp3) is 0.0476. The summed E-state index contributed by atoms with van der Waals surface area (Å²) in [6.45, 7) is 0. The van der Waals surface area contributed by atoms with Crippen LogP contribution < -0.4 is 5.32 Å². The minimum absolute atomic E-state index is 0.165. The van der Waals surface area contributed by atoms with Crippen LogP contribution in [-0.2, 0) is 4.79 Å². The molecule has 0 spiro atoms. The Hall–Kier alpha value is -3.43. The Morgan fingerprint density at radius 2 is 1.94 bits per heavy atom. The van der Waals surface area contributed by atoms with Gasteiger partial charge in [0.1, 0.15) is 11.3 Å². The maximum atomic E-state index is 13.2. The van der Waals surface area contributed by atoms with Crippen molar-refractivity contribution in [3.8, 4) is 11.3 Å². The number of nitrogens with zero attached hydrogens (tertiary/aromatic N) is 5. The van der Waals surface area contributed by atoms with Crippen LogP contribution in [0, 0.1) is 5.82 Å². The van der Waals surface area contributed by atoms with E-state index in [9.17, 15) is 9.18 Å². The Balaban J connectivity index is 1.37. The number of carbonyl (C=O) groups is 1. The van der Waals surface area contributed by atoms with Crippen LogP contribution in [0.1, 0.15) is 0 Å². The Morgan fingerprint density at radius 3 is 2.74 bits per heavy atom. The molecule has 1 N–H and O–H groups in total. The van der Waals surface area contributed by atoms with Crippen molar-refractivity contribution >= 4 is 46.1 Å². The summed E-state index contributed by atoms with van der Waals surface area (Å²) in [5.41, 5.74) is 3.51. The van der Waals surface area contributed by atoms with Crippen molar-refractivity contribution in [2.45, 2.75) is 5.16 Å². The molecule has 5 rings (SSSR count). The van der Waals surface area contributed by atoms with Crippen molar-refractivity contribution < 1.29 is 9.18 Å². The van der Waals surface area contributed by atoms with Gasteiger partial charge in [-0.1, -0.05) is 29.4 Å². The highest BCUT2D eigenvalue weighted by Gasteiger charge is 2.14. The largest absolute Gasteiger partial charge is 0.325 e. The molecule has 0 bridgehead atoms. The molecule has 0 fully saturated rings. The lowest BCUT2D eigenvalue weighted by Crippen LogP contribution is -2.14. The number of amides is 1. The zero-order valence-electron chi connectivity index (χ0n) is 15.9. The first-order valence-electron chi connectivity index (χ1n) is 9.24. The quantitative estimate of drug-likeness (QED) is 0.395. The molecule has 0 aliphatic carbocycles. The first-order chi connectivity index (χ1) is 15.1. The van der Waals surface area contributed by atoms with Crippen LogP contribution >= 0.6 is 23.4 Å². The van der Waals surface area contributed by atoms with Crippen LogP contribution in [0.5, 0.6) is 0 Å². The van der Waals surface area contributed by atoms with Crippen molar-refractivity contribution in [3.05, 3.63) is 77.8 Å². The molecule has 5 aromatic rings. The summed E-state index contributed by atoms with van der Waals surface area (Å²) in [6.07, 6.45) is 3.58. The van der Waals surface area contributed by atoms with Gasteiger partial charge < -0.3 is 5.32 Å². The number of halogens is 2. The number of hydrogen-bond donors (Lipinski definition) is 1. The molecule has 3 aromatic heterocycles. The van der Waals surface area contributed by atoms with Crippen molar-refractivity contribution in [1.82, 2.24) is 24.2 Å². The highest BCUT2D eigenvalue weighted by Crippen LogP contribution is 2.24. The SMILES string of the molecule is O=C(CSc1nnc2c3cc(-c4ccc(F)cc4)nn3ccn12)Nc1cccc(Cl)c1. The van der Waals surface area contributed by atoms with Crippen LogP contribution in [0.3, 0.4) is 0 Å². The van der Waals surface area contributed by atoms with Gasteiger partial charge in [0.05, 0.1) is 11.4 Å². The Bertz CT molecular complexity index is 1410. The van der Waals surface area contributed by atoms with E-state index in [4.69, 9.17) is 11.6 Å². The maximum Gasteiger partial charge on any atom is 0.234 e.